The molecule has 1 saturated heterocycles. The lowest BCUT2D eigenvalue weighted by Gasteiger charge is -2.51. The van der Waals surface area contributed by atoms with E-state index < -0.39 is 5.60 Å². The van der Waals surface area contributed by atoms with Crippen LogP contribution in [0.2, 0.25) is 0 Å². The van der Waals surface area contributed by atoms with Gasteiger partial charge in [0.25, 0.3) is 5.56 Å². The summed E-state index contributed by atoms with van der Waals surface area (Å²) in [6, 6.07) is 1.46. The van der Waals surface area contributed by atoms with Gasteiger partial charge in [-0.3, -0.25) is 9.36 Å². The predicted octanol–water partition coefficient (Wildman–Crippen LogP) is 1.08. The van der Waals surface area contributed by atoms with Crippen LogP contribution in [0, 0.1) is 10.8 Å². The molecule has 142 valence electrons. The fraction of sp³-hybridized carbons (Fsp3) is 0.632. The van der Waals surface area contributed by atoms with Gasteiger partial charge in [-0.2, -0.15) is 0 Å². The number of nitrogens with zero attached hydrogens (tertiary/aromatic N) is 3. The second kappa shape index (κ2) is 7.32. The van der Waals surface area contributed by atoms with Gasteiger partial charge in [-0.05, 0) is 32.4 Å². The summed E-state index contributed by atoms with van der Waals surface area (Å²) in [5.74, 6) is 0. The highest BCUT2D eigenvalue weighted by atomic mass is 16.3. The van der Waals surface area contributed by atoms with E-state index in [4.69, 9.17) is 5.41 Å². The van der Waals surface area contributed by atoms with Crippen molar-refractivity contribution in [1.82, 2.24) is 19.8 Å². The van der Waals surface area contributed by atoms with E-state index in [1.165, 1.54) is 17.0 Å². The van der Waals surface area contributed by atoms with Gasteiger partial charge in [-0.1, -0.05) is 12.8 Å². The van der Waals surface area contributed by atoms with Crippen molar-refractivity contribution < 1.29 is 5.11 Å². The molecule has 2 fully saturated rings. The Morgan fingerprint density at radius 1 is 1.42 bits per heavy atom. The Morgan fingerprint density at radius 3 is 2.77 bits per heavy atom. The maximum absolute atomic E-state index is 12.6. The third-order valence-corrected chi connectivity index (χ3v) is 6.13. The van der Waals surface area contributed by atoms with E-state index in [1.54, 1.807) is 13.1 Å². The van der Waals surface area contributed by atoms with Gasteiger partial charge < -0.3 is 20.7 Å². The molecule has 3 rings (SSSR count). The average Bonchev–Trinajstić information content (AvgIpc) is 3.08. The topological polar surface area (TPSA) is 94.2 Å². The van der Waals surface area contributed by atoms with E-state index in [0.717, 1.165) is 45.0 Å². The average molecular weight is 359 g/mol. The van der Waals surface area contributed by atoms with Crippen LogP contribution in [0.25, 0.3) is 5.70 Å². The molecule has 7 heteroatoms. The third kappa shape index (κ3) is 3.33. The highest BCUT2D eigenvalue weighted by molar-refractivity contribution is 5.80. The fourth-order valence-corrected chi connectivity index (χ4v) is 4.66. The van der Waals surface area contributed by atoms with Gasteiger partial charge >= 0.3 is 0 Å². The van der Waals surface area contributed by atoms with Crippen molar-refractivity contribution in [1.29, 1.82) is 5.41 Å². The minimum absolute atomic E-state index is 0.131. The Balaban J connectivity index is 1.89. The molecule has 1 aliphatic carbocycles. The molecule has 1 aromatic heterocycles. The molecule has 1 aliphatic heterocycles. The molecule has 1 aromatic rings. The lowest BCUT2D eigenvalue weighted by atomic mass is 9.66. The quantitative estimate of drug-likeness (QED) is 0.684. The zero-order valence-electron chi connectivity index (χ0n) is 15.7. The lowest BCUT2D eigenvalue weighted by molar-refractivity contribution is -0.139. The normalized spacial score (nSPS) is 26.2. The van der Waals surface area contributed by atoms with Gasteiger partial charge in [0.05, 0.1) is 29.9 Å². The molecule has 1 unspecified atom stereocenters. The molecule has 1 atom stereocenters. The number of aromatic nitrogens is 2. The first kappa shape index (κ1) is 18.8. The molecule has 2 aliphatic rings. The Labute approximate surface area is 154 Å². The lowest BCUT2D eigenvalue weighted by Crippen LogP contribution is -2.60. The molecule has 7 nitrogen and oxygen atoms in total. The SMILES string of the molecule is CN/C(=C\C=N)c1cc(=O)n(CC2(O)CCN(C)CC23CCCC3)cn1. The first-order valence-electron chi connectivity index (χ1n) is 9.29. The predicted molar refractivity (Wildman–Crippen MR) is 102 cm³/mol. The molecule has 1 spiro atoms. The molecule has 0 aromatic carbocycles. The van der Waals surface area contributed by atoms with Crippen molar-refractivity contribution in [2.75, 3.05) is 27.2 Å². The van der Waals surface area contributed by atoms with Crippen molar-refractivity contribution >= 4 is 11.9 Å². The van der Waals surface area contributed by atoms with Crippen LogP contribution in [-0.4, -0.2) is 58.6 Å². The van der Waals surface area contributed by atoms with Crippen molar-refractivity contribution in [2.24, 2.45) is 5.41 Å². The van der Waals surface area contributed by atoms with E-state index in [2.05, 4.69) is 22.2 Å². The molecule has 0 amide bonds. The maximum atomic E-state index is 12.6. The number of allylic oxidation sites excluding steroid dienone is 1. The van der Waals surface area contributed by atoms with Crippen LogP contribution in [0.3, 0.4) is 0 Å². The highest BCUT2D eigenvalue weighted by Gasteiger charge is 2.54. The smallest absolute Gasteiger partial charge is 0.254 e. The number of nitrogens with one attached hydrogen (secondary N) is 2. The number of likely N-dealkylation sites (tertiary alicyclic amines) is 1. The van der Waals surface area contributed by atoms with Gasteiger partial charge in [-0.15, -0.1) is 0 Å². The molecule has 3 N–H and O–H groups in total. The summed E-state index contributed by atoms with van der Waals surface area (Å²) in [6.07, 6.45) is 9.22. The van der Waals surface area contributed by atoms with E-state index in [9.17, 15) is 9.90 Å². The summed E-state index contributed by atoms with van der Waals surface area (Å²) in [5, 5.41) is 21.7. The van der Waals surface area contributed by atoms with Crippen LogP contribution in [-0.2, 0) is 6.54 Å². The van der Waals surface area contributed by atoms with Crippen LogP contribution < -0.4 is 10.9 Å². The van der Waals surface area contributed by atoms with Gasteiger partial charge in [0.15, 0.2) is 0 Å². The summed E-state index contributed by atoms with van der Waals surface area (Å²) in [7, 11) is 3.84. The molecule has 1 saturated carbocycles. The second-order valence-corrected chi connectivity index (χ2v) is 7.74. The zero-order chi connectivity index (χ0) is 18.8. The van der Waals surface area contributed by atoms with Crippen LogP contribution in [0.15, 0.2) is 23.3 Å². The number of rotatable bonds is 5. The Bertz CT molecular complexity index is 751. The van der Waals surface area contributed by atoms with E-state index in [0.29, 0.717) is 17.8 Å². The largest absolute Gasteiger partial charge is 0.387 e. The van der Waals surface area contributed by atoms with Gasteiger partial charge in [0, 0.05) is 37.8 Å². The van der Waals surface area contributed by atoms with Gasteiger partial charge in [0.1, 0.15) is 0 Å². The van der Waals surface area contributed by atoms with Crippen molar-refractivity contribution in [3.8, 4) is 0 Å². The minimum atomic E-state index is -0.875. The standard InChI is InChI=1S/C19H29N5O2/c1-21-15(5-9-20)16-11-17(25)24(14-22-16)13-19(26)8-10-23(2)12-18(19)6-3-4-7-18/h5,9,11,14,20-21,26H,3-4,6-8,10,12-13H2,1-2H3/b15-5-,20-9?. The number of hydrogen-bond donors (Lipinski definition) is 3. The summed E-state index contributed by atoms with van der Waals surface area (Å²) < 4.78 is 1.53. The Hall–Kier alpha value is -1.99. The molecular formula is C19H29N5O2. The van der Waals surface area contributed by atoms with E-state index in [1.807, 2.05) is 0 Å². The van der Waals surface area contributed by atoms with Crippen LogP contribution >= 0.6 is 0 Å². The summed E-state index contributed by atoms with van der Waals surface area (Å²) in [4.78, 5) is 19.3. The van der Waals surface area contributed by atoms with Crippen molar-refractivity contribution in [3.63, 3.8) is 0 Å². The Morgan fingerprint density at radius 2 is 2.15 bits per heavy atom. The molecule has 2 heterocycles. The molecule has 0 radical (unpaired) electrons. The number of hydrogen-bond acceptors (Lipinski definition) is 6. The van der Waals surface area contributed by atoms with Gasteiger partial charge in [-0.25, -0.2) is 4.98 Å². The minimum Gasteiger partial charge on any atom is -0.387 e. The van der Waals surface area contributed by atoms with Crippen LogP contribution in [0.4, 0.5) is 0 Å². The summed E-state index contributed by atoms with van der Waals surface area (Å²) >= 11 is 0. The van der Waals surface area contributed by atoms with Crippen molar-refractivity contribution in [3.05, 3.63) is 34.5 Å². The second-order valence-electron chi connectivity index (χ2n) is 7.74. The molecular weight excluding hydrogens is 330 g/mol. The van der Waals surface area contributed by atoms with Crippen LogP contribution in [0.5, 0.6) is 0 Å². The number of piperidine rings is 1. The van der Waals surface area contributed by atoms with Crippen LogP contribution in [0.1, 0.15) is 37.8 Å². The van der Waals surface area contributed by atoms with Gasteiger partial charge in [0.2, 0.25) is 0 Å². The number of aliphatic hydroxyl groups is 1. The molecule has 0 bridgehead atoms. The van der Waals surface area contributed by atoms with E-state index in [-0.39, 0.29) is 17.5 Å². The highest BCUT2D eigenvalue weighted by Crippen LogP contribution is 2.51. The first-order chi connectivity index (χ1) is 12.4. The first-order valence-corrected chi connectivity index (χ1v) is 9.29. The summed E-state index contributed by atoms with van der Waals surface area (Å²) in [5.41, 5.74) is -0.0621. The summed E-state index contributed by atoms with van der Waals surface area (Å²) in [6.45, 7) is 2.01. The molecule has 26 heavy (non-hydrogen) atoms. The van der Waals surface area contributed by atoms with E-state index >= 15 is 0 Å². The van der Waals surface area contributed by atoms with Crippen molar-refractivity contribution in [2.45, 2.75) is 44.2 Å². The Kier molecular flexibility index (Phi) is 5.29. The third-order valence-electron chi connectivity index (χ3n) is 6.13. The monoisotopic (exact) mass is 359 g/mol. The fourth-order valence-electron chi connectivity index (χ4n) is 4.66. The maximum Gasteiger partial charge on any atom is 0.254 e. The zero-order valence-corrected chi connectivity index (χ0v) is 15.7.